The van der Waals surface area contributed by atoms with Crippen molar-refractivity contribution in [3.63, 3.8) is 0 Å². The minimum absolute atomic E-state index is 0.392. The first-order valence-electron chi connectivity index (χ1n) is 11.7. The van der Waals surface area contributed by atoms with Crippen molar-refractivity contribution in [1.29, 1.82) is 0 Å². The van der Waals surface area contributed by atoms with Crippen molar-refractivity contribution in [2.45, 2.75) is 91.6 Å². The van der Waals surface area contributed by atoms with E-state index in [0.717, 1.165) is 33.6 Å². The van der Waals surface area contributed by atoms with Gasteiger partial charge in [0.2, 0.25) is 0 Å². The topological polar surface area (TPSA) is 46.2 Å². The second-order valence-electron chi connectivity index (χ2n) is 11.3. The molecule has 2 fully saturated rings. The maximum absolute atomic E-state index is 6.43. The van der Waals surface area contributed by atoms with Crippen molar-refractivity contribution in [3.05, 3.63) is 47.5 Å². The standard InChI is InChI=1S/C26H36B2O5/c1-17-11-13-19(27-30-23(3,4)24(5,6)31-27)15-21(17)29-22-16-20(14-12-18(22)2)28-32-25(7,8)26(9,10)33-28/h11-16H,1-10H3. The minimum Gasteiger partial charge on any atom is -0.457 e. The molecule has 33 heavy (non-hydrogen) atoms. The SMILES string of the molecule is Cc1ccc(B2OC(C)(C)C(C)(C)O2)cc1Oc1cc(B2OC(C)(C)C(C)(C)O2)ccc1C. The van der Waals surface area contributed by atoms with Gasteiger partial charge in [-0.3, -0.25) is 0 Å². The van der Waals surface area contributed by atoms with Gasteiger partial charge in [0.05, 0.1) is 22.4 Å². The average molecular weight is 450 g/mol. The van der Waals surface area contributed by atoms with E-state index in [9.17, 15) is 0 Å². The van der Waals surface area contributed by atoms with E-state index in [2.05, 4.69) is 55.4 Å². The fraction of sp³-hybridized carbons (Fsp3) is 0.538. The molecule has 0 bridgehead atoms. The van der Waals surface area contributed by atoms with Gasteiger partial charge in [0.15, 0.2) is 0 Å². The van der Waals surface area contributed by atoms with Gasteiger partial charge >= 0.3 is 14.2 Å². The maximum atomic E-state index is 6.43. The molecular weight excluding hydrogens is 414 g/mol. The molecule has 0 N–H and O–H groups in total. The monoisotopic (exact) mass is 450 g/mol. The summed E-state index contributed by atoms with van der Waals surface area (Å²) in [4.78, 5) is 0. The van der Waals surface area contributed by atoms with Crippen LogP contribution in [0.15, 0.2) is 36.4 Å². The fourth-order valence-corrected chi connectivity index (χ4v) is 3.82. The van der Waals surface area contributed by atoms with Gasteiger partial charge in [0.25, 0.3) is 0 Å². The maximum Gasteiger partial charge on any atom is 0.494 e. The van der Waals surface area contributed by atoms with E-state index in [0.29, 0.717) is 0 Å². The quantitative estimate of drug-likeness (QED) is 0.633. The van der Waals surface area contributed by atoms with Crippen LogP contribution in [0.1, 0.15) is 66.5 Å². The summed E-state index contributed by atoms with van der Waals surface area (Å²) >= 11 is 0. The van der Waals surface area contributed by atoms with Crippen molar-refractivity contribution >= 4 is 25.2 Å². The predicted octanol–water partition coefficient (Wildman–Crippen LogP) is 4.69. The minimum atomic E-state index is -0.435. The molecule has 2 saturated heterocycles. The van der Waals surface area contributed by atoms with Gasteiger partial charge in [-0.15, -0.1) is 0 Å². The van der Waals surface area contributed by atoms with Crippen molar-refractivity contribution in [3.8, 4) is 11.5 Å². The number of hydrogen-bond donors (Lipinski definition) is 0. The summed E-state index contributed by atoms with van der Waals surface area (Å²) in [6.07, 6.45) is 0. The van der Waals surface area contributed by atoms with Crippen molar-refractivity contribution in [2.75, 3.05) is 0 Å². The molecule has 2 aromatic carbocycles. The zero-order valence-electron chi connectivity index (χ0n) is 21.7. The summed E-state index contributed by atoms with van der Waals surface area (Å²) in [5, 5.41) is 0. The Bertz CT molecular complexity index is 945. The van der Waals surface area contributed by atoms with Gasteiger partial charge in [0.1, 0.15) is 11.5 Å². The summed E-state index contributed by atoms with van der Waals surface area (Å²) < 4.78 is 31.4. The van der Waals surface area contributed by atoms with Gasteiger partial charge in [-0.05, 0) is 103 Å². The van der Waals surface area contributed by atoms with Crippen LogP contribution in [-0.4, -0.2) is 36.6 Å². The van der Waals surface area contributed by atoms with Gasteiger partial charge < -0.3 is 23.4 Å². The van der Waals surface area contributed by atoms with Gasteiger partial charge in [-0.25, -0.2) is 0 Å². The molecule has 176 valence electrons. The lowest BCUT2D eigenvalue weighted by atomic mass is 9.78. The lowest BCUT2D eigenvalue weighted by molar-refractivity contribution is 0.00578. The van der Waals surface area contributed by atoms with Crippen LogP contribution < -0.4 is 15.7 Å². The van der Waals surface area contributed by atoms with Crippen molar-refractivity contribution < 1.29 is 23.4 Å². The zero-order chi connectivity index (χ0) is 24.4. The molecule has 0 radical (unpaired) electrons. The Kier molecular flexibility index (Phi) is 5.81. The normalized spacial score (nSPS) is 22.6. The second-order valence-corrected chi connectivity index (χ2v) is 11.3. The van der Waals surface area contributed by atoms with E-state index in [-0.39, 0.29) is 0 Å². The smallest absolute Gasteiger partial charge is 0.457 e. The van der Waals surface area contributed by atoms with Crippen LogP contribution in [0, 0.1) is 13.8 Å². The van der Waals surface area contributed by atoms with E-state index >= 15 is 0 Å². The molecule has 0 saturated carbocycles. The molecule has 0 aromatic heterocycles. The molecule has 2 aliphatic heterocycles. The van der Waals surface area contributed by atoms with Crippen LogP contribution in [0.4, 0.5) is 0 Å². The first-order valence-corrected chi connectivity index (χ1v) is 11.7. The number of rotatable bonds is 4. The van der Waals surface area contributed by atoms with Gasteiger partial charge in [0, 0.05) is 0 Å². The highest BCUT2D eigenvalue weighted by molar-refractivity contribution is 6.62. The third-order valence-corrected chi connectivity index (χ3v) is 7.70. The molecule has 0 atom stereocenters. The highest BCUT2D eigenvalue weighted by Gasteiger charge is 2.52. The third kappa shape index (κ3) is 4.37. The van der Waals surface area contributed by atoms with Crippen molar-refractivity contribution in [1.82, 2.24) is 0 Å². The van der Waals surface area contributed by atoms with Crippen LogP contribution in [-0.2, 0) is 18.6 Å². The summed E-state index contributed by atoms with van der Waals surface area (Å²) in [5.74, 6) is 1.55. The third-order valence-electron chi connectivity index (χ3n) is 7.70. The van der Waals surface area contributed by atoms with Gasteiger partial charge in [-0.1, -0.05) is 24.3 Å². The fourth-order valence-electron chi connectivity index (χ4n) is 3.82. The van der Waals surface area contributed by atoms with Crippen LogP contribution in [0.5, 0.6) is 11.5 Å². The first kappa shape index (κ1) is 24.3. The highest BCUT2D eigenvalue weighted by Crippen LogP contribution is 2.38. The summed E-state index contributed by atoms with van der Waals surface area (Å²) in [7, 11) is -0.870. The largest absolute Gasteiger partial charge is 0.494 e. The molecule has 0 amide bonds. The second kappa shape index (κ2) is 7.88. The molecule has 7 heteroatoms. The Morgan fingerprint density at radius 3 is 1.15 bits per heavy atom. The van der Waals surface area contributed by atoms with Crippen LogP contribution in [0.25, 0.3) is 0 Å². The Labute approximate surface area is 199 Å². The van der Waals surface area contributed by atoms with E-state index in [1.54, 1.807) is 0 Å². The summed E-state index contributed by atoms with van der Waals surface area (Å²) in [6, 6.07) is 12.2. The highest BCUT2D eigenvalue weighted by atomic mass is 16.7. The molecule has 2 aliphatic rings. The number of benzene rings is 2. The Hall–Kier alpha value is -1.79. The van der Waals surface area contributed by atoms with E-state index in [4.69, 9.17) is 23.4 Å². The number of ether oxygens (including phenoxy) is 1. The molecule has 2 heterocycles. The summed E-state index contributed by atoms with van der Waals surface area (Å²) in [5.41, 5.74) is 2.39. The molecule has 0 aliphatic carbocycles. The molecule has 4 rings (SSSR count). The average Bonchev–Trinajstić information content (AvgIpc) is 3.04. The predicted molar refractivity (Wildman–Crippen MR) is 134 cm³/mol. The summed E-state index contributed by atoms with van der Waals surface area (Å²) in [6.45, 7) is 20.5. The lowest BCUT2D eigenvalue weighted by Crippen LogP contribution is -2.41. The Morgan fingerprint density at radius 2 is 0.848 bits per heavy atom. The molecular formula is C26H36B2O5. The van der Waals surface area contributed by atoms with E-state index in [1.165, 1.54) is 0 Å². The molecule has 0 unspecified atom stereocenters. The number of aryl methyl sites for hydroxylation is 2. The number of hydrogen-bond acceptors (Lipinski definition) is 5. The molecule has 0 spiro atoms. The van der Waals surface area contributed by atoms with Gasteiger partial charge in [-0.2, -0.15) is 0 Å². The van der Waals surface area contributed by atoms with Crippen molar-refractivity contribution in [2.24, 2.45) is 0 Å². The first-order chi connectivity index (χ1) is 15.1. The van der Waals surface area contributed by atoms with E-state index < -0.39 is 36.6 Å². The Balaban J connectivity index is 1.60. The van der Waals surface area contributed by atoms with E-state index in [1.807, 2.05) is 50.2 Å². The Morgan fingerprint density at radius 1 is 0.545 bits per heavy atom. The van der Waals surface area contributed by atoms with Crippen LogP contribution in [0.3, 0.4) is 0 Å². The zero-order valence-corrected chi connectivity index (χ0v) is 21.7. The lowest BCUT2D eigenvalue weighted by Gasteiger charge is -2.32. The molecule has 5 nitrogen and oxygen atoms in total. The van der Waals surface area contributed by atoms with Crippen LogP contribution in [0.2, 0.25) is 0 Å². The van der Waals surface area contributed by atoms with Crippen LogP contribution >= 0.6 is 0 Å². The molecule has 2 aromatic rings.